The van der Waals surface area contributed by atoms with Crippen LogP contribution >= 0.6 is 0 Å². The van der Waals surface area contributed by atoms with Crippen LogP contribution in [0.25, 0.3) is 88.8 Å². The number of aryl methyl sites for hydroxylation is 1. The standard InChI is InChI=1S/C60H49N/c1-40-20-18-31-48-45(38-41(2)42-21-8-3-9-22-42)34-35-49(56(40)48)54-39-53(43-23-10-4-11-24-43)59-52-36-37-55(61(46-27-14-6-15-28-46)47-29-16-7-17-30-47)50-32-19-33-51(58(50)52)60(59)57(54)44-25-12-5-13-26-44/h3-6,8-15,18-28,31-39,47H,7,16-17,29-30H2,1-2H3. The summed E-state index contributed by atoms with van der Waals surface area (Å²) in [4.78, 5) is 2.68. The molecule has 0 aromatic heterocycles. The number of para-hydroxylation sites is 1. The SMILES string of the molecule is CC(=Cc1ccc(-c2cc(-c3ccccc3)c3c(c2-c2ccccc2)-c2cccc4c(N(c5ccccc5)C5CCCCC5)ccc-3c24)c2c(C)cccc12)c1ccccc1. The van der Waals surface area contributed by atoms with Crippen molar-refractivity contribution in [2.45, 2.75) is 52.0 Å². The number of fused-ring (bicyclic) bond motifs is 4. The van der Waals surface area contributed by atoms with Gasteiger partial charge in [-0.05, 0) is 145 Å². The minimum Gasteiger partial charge on any atom is -0.338 e. The molecule has 0 spiro atoms. The summed E-state index contributed by atoms with van der Waals surface area (Å²) < 4.78 is 0. The van der Waals surface area contributed by atoms with Gasteiger partial charge in [-0.25, -0.2) is 0 Å². The molecule has 0 heterocycles. The molecule has 0 N–H and O–H groups in total. The first-order chi connectivity index (χ1) is 30.1. The van der Waals surface area contributed by atoms with Crippen LogP contribution in [0.2, 0.25) is 0 Å². The Labute approximate surface area is 360 Å². The Bertz CT molecular complexity index is 3100. The molecule has 9 aromatic rings. The first-order valence-electron chi connectivity index (χ1n) is 22.1. The van der Waals surface area contributed by atoms with Crippen LogP contribution in [0.4, 0.5) is 11.4 Å². The summed E-state index contributed by atoms with van der Waals surface area (Å²) in [6, 6.07) is 70.6. The largest absolute Gasteiger partial charge is 0.338 e. The van der Waals surface area contributed by atoms with E-state index in [0.29, 0.717) is 6.04 Å². The number of benzene rings is 9. The van der Waals surface area contributed by atoms with E-state index in [1.54, 1.807) is 0 Å². The maximum absolute atomic E-state index is 2.68. The van der Waals surface area contributed by atoms with Crippen molar-refractivity contribution >= 4 is 44.6 Å². The first kappa shape index (κ1) is 37.1. The molecule has 0 amide bonds. The molecule has 0 bridgehead atoms. The summed E-state index contributed by atoms with van der Waals surface area (Å²) in [6.45, 7) is 4.50. The molecule has 1 nitrogen and oxygen atoms in total. The maximum atomic E-state index is 2.68. The third kappa shape index (κ3) is 6.39. The van der Waals surface area contributed by atoms with E-state index >= 15 is 0 Å². The van der Waals surface area contributed by atoms with Gasteiger partial charge < -0.3 is 4.90 Å². The molecule has 294 valence electrons. The van der Waals surface area contributed by atoms with Gasteiger partial charge in [0.2, 0.25) is 0 Å². The molecule has 0 atom stereocenters. The highest BCUT2D eigenvalue weighted by molar-refractivity contribution is 6.25. The molecule has 1 fully saturated rings. The van der Waals surface area contributed by atoms with Gasteiger partial charge in [-0.1, -0.05) is 189 Å². The summed E-state index contributed by atoms with van der Waals surface area (Å²) in [5, 5.41) is 5.25. The summed E-state index contributed by atoms with van der Waals surface area (Å²) in [7, 11) is 0. The fourth-order valence-corrected chi connectivity index (χ4v) is 10.7. The second-order valence-corrected chi connectivity index (χ2v) is 17.1. The zero-order chi connectivity index (χ0) is 40.9. The van der Waals surface area contributed by atoms with E-state index < -0.39 is 0 Å². The van der Waals surface area contributed by atoms with Crippen molar-refractivity contribution in [2.75, 3.05) is 4.90 Å². The maximum Gasteiger partial charge on any atom is 0.0493 e. The molecule has 0 unspecified atom stereocenters. The van der Waals surface area contributed by atoms with Crippen LogP contribution in [0, 0.1) is 6.92 Å². The van der Waals surface area contributed by atoms with Crippen LogP contribution in [0.15, 0.2) is 188 Å². The van der Waals surface area contributed by atoms with E-state index in [1.165, 1.54) is 143 Å². The molecule has 1 saturated carbocycles. The van der Waals surface area contributed by atoms with Gasteiger partial charge in [0.15, 0.2) is 0 Å². The molecule has 2 aliphatic carbocycles. The average Bonchev–Trinajstić information content (AvgIpc) is 3.66. The zero-order valence-corrected chi connectivity index (χ0v) is 35.0. The molecular weight excluding hydrogens is 735 g/mol. The zero-order valence-electron chi connectivity index (χ0n) is 35.0. The number of hydrogen-bond acceptors (Lipinski definition) is 1. The fourth-order valence-electron chi connectivity index (χ4n) is 10.7. The number of hydrogen-bond donors (Lipinski definition) is 0. The molecular formula is C60H49N. The lowest BCUT2D eigenvalue weighted by molar-refractivity contribution is 0.436. The topological polar surface area (TPSA) is 3.24 Å². The normalized spacial score (nSPS) is 13.8. The number of allylic oxidation sites excluding steroid dienone is 1. The monoisotopic (exact) mass is 783 g/mol. The van der Waals surface area contributed by atoms with Gasteiger partial charge in [-0.3, -0.25) is 0 Å². The van der Waals surface area contributed by atoms with Crippen LogP contribution in [0.3, 0.4) is 0 Å². The average molecular weight is 784 g/mol. The van der Waals surface area contributed by atoms with Crippen LogP contribution in [-0.4, -0.2) is 6.04 Å². The van der Waals surface area contributed by atoms with Gasteiger partial charge in [0.05, 0.1) is 0 Å². The van der Waals surface area contributed by atoms with Gasteiger partial charge in [0.1, 0.15) is 0 Å². The van der Waals surface area contributed by atoms with Crippen LogP contribution < -0.4 is 4.90 Å². The molecule has 0 saturated heterocycles. The van der Waals surface area contributed by atoms with Crippen molar-refractivity contribution < 1.29 is 0 Å². The second kappa shape index (κ2) is 15.6. The predicted octanol–water partition coefficient (Wildman–Crippen LogP) is 17.0. The summed E-state index contributed by atoms with van der Waals surface area (Å²) >= 11 is 0. The molecule has 0 aliphatic heterocycles. The minimum absolute atomic E-state index is 0.467. The van der Waals surface area contributed by atoms with Crippen molar-refractivity contribution in [3.63, 3.8) is 0 Å². The van der Waals surface area contributed by atoms with Crippen LogP contribution in [0.1, 0.15) is 55.7 Å². The van der Waals surface area contributed by atoms with Gasteiger partial charge >= 0.3 is 0 Å². The van der Waals surface area contributed by atoms with E-state index in [9.17, 15) is 0 Å². The van der Waals surface area contributed by atoms with E-state index in [4.69, 9.17) is 0 Å². The van der Waals surface area contributed by atoms with E-state index in [2.05, 4.69) is 213 Å². The third-order valence-corrected chi connectivity index (χ3v) is 13.4. The van der Waals surface area contributed by atoms with E-state index in [-0.39, 0.29) is 0 Å². The van der Waals surface area contributed by atoms with Crippen LogP contribution in [-0.2, 0) is 0 Å². The van der Waals surface area contributed by atoms with E-state index in [0.717, 1.165) is 0 Å². The molecule has 11 rings (SSSR count). The molecule has 2 aliphatic rings. The van der Waals surface area contributed by atoms with Crippen molar-refractivity contribution in [1.29, 1.82) is 0 Å². The highest BCUT2D eigenvalue weighted by Gasteiger charge is 2.33. The van der Waals surface area contributed by atoms with Crippen molar-refractivity contribution in [3.8, 4) is 55.6 Å². The van der Waals surface area contributed by atoms with E-state index in [1.807, 2.05) is 0 Å². The summed E-state index contributed by atoms with van der Waals surface area (Å²) in [5.74, 6) is 0. The molecule has 0 radical (unpaired) electrons. The predicted molar refractivity (Wildman–Crippen MR) is 262 cm³/mol. The van der Waals surface area contributed by atoms with Crippen LogP contribution in [0.5, 0.6) is 0 Å². The second-order valence-electron chi connectivity index (χ2n) is 17.1. The lowest BCUT2D eigenvalue weighted by atomic mass is 9.80. The first-order valence-corrected chi connectivity index (χ1v) is 22.1. The number of nitrogens with zero attached hydrogens (tertiary/aromatic N) is 1. The fraction of sp³-hybridized carbons (Fsp3) is 0.133. The van der Waals surface area contributed by atoms with Gasteiger partial charge in [0, 0.05) is 22.8 Å². The quantitative estimate of drug-likeness (QED) is 0.139. The molecule has 9 aromatic carbocycles. The molecule has 61 heavy (non-hydrogen) atoms. The minimum atomic E-state index is 0.467. The number of rotatable bonds is 8. The number of anilines is 2. The van der Waals surface area contributed by atoms with Gasteiger partial charge in [0.25, 0.3) is 0 Å². The Balaban J connectivity index is 1.21. The summed E-state index contributed by atoms with van der Waals surface area (Å²) in [6.07, 6.45) is 8.67. The van der Waals surface area contributed by atoms with Crippen molar-refractivity contribution in [3.05, 3.63) is 205 Å². The Morgan fingerprint density at radius 3 is 1.84 bits per heavy atom. The summed E-state index contributed by atoms with van der Waals surface area (Å²) in [5.41, 5.74) is 20.5. The lowest BCUT2D eigenvalue weighted by Gasteiger charge is -2.37. The van der Waals surface area contributed by atoms with Crippen molar-refractivity contribution in [1.82, 2.24) is 0 Å². The Kier molecular flexibility index (Phi) is 9.46. The van der Waals surface area contributed by atoms with Gasteiger partial charge in [-0.15, -0.1) is 0 Å². The third-order valence-electron chi connectivity index (χ3n) is 13.4. The lowest BCUT2D eigenvalue weighted by Crippen LogP contribution is -2.33. The van der Waals surface area contributed by atoms with Gasteiger partial charge in [-0.2, -0.15) is 0 Å². The Hall–Kier alpha value is -6.96. The Morgan fingerprint density at radius 1 is 0.475 bits per heavy atom. The van der Waals surface area contributed by atoms with Crippen molar-refractivity contribution in [2.24, 2.45) is 0 Å². The smallest absolute Gasteiger partial charge is 0.0493 e. The Morgan fingerprint density at radius 2 is 1.10 bits per heavy atom. The highest BCUT2D eigenvalue weighted by Crippen LogP contribution is 2.59. The molecule has 1 heteroatoms. The highest BCUT2D eigenvalue weighted by atomic mass is 15.2.